The van der Waals surface area contributed by atoms with E-state index in [1.165, 1.54) is 0 Å². The molecule has 0 unspecified atom stereocenters. The van der Waals surface area contributed by atoms with E-state index in [0.717, 1.165) is 25.5 Å². The molecule has 0 spiro atoms. The summed E-state index contributed by atoms with van der Waals surface area (Å²) in [4.78, 5) is 22.1. The molecule has 4 heteroatoms. The maximum atomic E-state index is 11.5. The number of hydrogen-bond donors (Lipinski definition) is 1. The van der Waals surface area contributed by atoms with Gasteiger partial charge in [-0.2, -0.15) is 0 Å². The van der Waals surface area contributed by atoms with Crippen LogP contribution in [0.5, 0.6) is 0 Å². The van der Waals surface area contributed by atoms with Crippen LogP contribution in [0.3, 0.4) is 0 Å². The van der Waals surface area contributed by atoms with Crippen LogP contribution >= 0.6 is 0 Å². The Morgan fingerprint density at radius 3 is 2.27 bits per heavy atom. The molecule has 3 aliphatic carbocycles. The summed E-state index contributed by atoms with van der Waals surface area (Å²) in [6, 6.07) is 0. The molecule has 0 heterocycles. The van der Waals surface area contributed by atoms with Gasteiger partial charge in [0.2, 0.25) is 0 Å². The highest BCUT2D eigenvalue weighted by atomic mass is 16.6. The molecule has 84 valence electrons. The molecule has 2 bridgehead atoms. The van der Waals surface area contributed by atoms with Gasteiger partial charge in [0.15, 0.2) is 0 Å². The average Bonchev–Trinajstić information content (AvgIpc) is 1.89. The third kappa shape index (κ3) is 1.73. The topological polar surface area (TPSA) is 55.4 Å². The molecule has 4 nitrogen and oxygen atoms in total. The molecule has 3 rings (SSSR count). The molecule has 0 aromatic heterocycles. The molecular formula is C11H17NO3. The van der Waals surface area contributed by atoms with Gasteiger partial charge >= 0.3 is 6.09 Å². The maximum Gasteiger partial charge on any atom is 0.408 e. The highest BCUT2D eigenvalue weighted by molar-refractivity contribution is 5.74. The van der Waals surface area contributed by atoms with Gasteiger partial charge in [0.25, 0.3) is 0 Å². The lowest BCUT2D eigenvalue weighted by Crippen LogP contribution is -2.75. The van der Waals surface area contributed by atoms with Crippen LogP contribution in [0, 0.1) is 5.41 Å². The summed E-state index contributed by atoms with van der Waals surface area (Å²) < 4.78 is 5.16. The summed E-state index contributed by atoms with van der Waals surface area (Å²) in [7, 11) is 0. The minimum Gasteiger partial charge on any atom is -0.444 e. The molecule has 3 fully saturated rings. The number of alkyl carbamates (subject to hydrolysis) is 1. The van der Waals surface area contributed by atoms with Crippen LogP contribution < -0.4 is 5.32 Å². The molecule has 0 aliphatic heterocycles. The van der Waals surface area contributed by atoms with E-state index >= 15 is 0 Å². The molecule has 1 N–H and O–H groups in total. The van der Waals surface area contributed by atoms with Crippen LogP contribution in [-0.2, 0) is 9.53 Å². The third-order valence-electron chi connectivity index (χ3n) is 3.09. The Labute approximate surface area is 89.4 Å². The number of nitrogens with one attached hydrogen (secondary N) is 1. The summed E-state index contributed by atoms with van der Waals surface area (Å²) in [5, 5.41) is 2.85. The van der Waals surface area contributed by atoms with Crippen LogP contribution in [-0.4, -0.2) is 23.5 Å². The zero-order chi connectivity index (χ0) is 11.3. The number of hydrogen-bond acceptors (Lipinski definition) is 3. The normalized spacial score (nSPS) is 37.3. The van der Waals surface area contributed by atoms with E-state index in [9.17, 15) is 9.59 Å². The number of carbonyl (C=O) groups is 2. The predicted octanol–water partition coefficient (Wildman–Crippen LogP) is 1.63. The summed E-state index contributed by atoms with van der Waals surface area (Å²) >= 11 is 0. The van der Waals surface area contributed by atoms with Gasteiger partial charge in [-0.25, -0.2) is 4.79 Å². The summed E-state index contributed by atoms with van der Waals surface area (Å²) in [6.07, 6.45) is 2.99. The van der Waals surface area contributed by atoms with Gasteiger partial charge in [0.1, 0.15) is 11.9 Å². The molecule has 3 aliphatic rings. The van der Waals surface area contributed by atoms with E-state index < -0.39 is 5.60 Å². The quantitative estimate of drug-likeness (QED) is 0.706. The van der Waals surface area contributed by atoms with Crippen LogP contribution in [0.1, 0.15) is 40.0 Å². The van der Waals surface area contributed by atoms with Crippen molar-refractivity contribution >= 4 is 12.4 Å². The van der Waals surface area contributed by atoms with Crippen LogP contribution in [0.15, 0.2) is 0 Å². The third-order valence-corrected chi connectivity index (χ3v) is 3.09. The van der Waals surface area contributed by atoms with Crippen molar-refractivity contribution in [2.75, 3.05) is 0 Å². The second-order valence-electron chi connectivity index (χ2n) is 5.92. The Bertz CT molecular complexity index is 297. The van der Waals surface area contributed by atoms with Gasteiger partial charge in [-0.15, -0.1) is 0 Å². The Morgan fingerprint density at radius 2 is 1.87 bits per heavy atom. The lowest BCUT2D eigenvalue weighted by molar-refractivity contribution is -0.163. The lowest BCUT2D eigenvalue weighted by atomic mass is 9.40. The van der Waals surface area contributed by atoms with Gasteiger partial charge in [-0.1, -0.05) is 0 Å². The lowest BCUT2D eigenvalue weighted by Gasteiger charge is -2.67. The van der Waals surface area contributed by atoms with E-state index in [4.69, 9.17) is 4.74 Å². The fourth-order valence-electron chi connectivity index (χ4n) is 2.64. The van der Waals surface area contributed by atoms with Crippen molar-refractivity contribution in [3.8, 4) is 0 Å². The summed E-state index contributed by atoms with van der Waals surface area (Å²) in [6.45, 7) is 5.50. The van der Waals surface area contributed by atoms with Crippen molar-refractivity contribution in [2.45, 2.75) is 51.2 Å². The van der Waals surface area contributed by atoms with E-state index in [2.05, 4.69) is 5.32 Å². The first-order chi connectivity index (χ1) is 6.78. The zero-order valence-electron chi connectivity index (χ0n) is 9.42. The smallest absolute Gasteiger partial charge is 0.408 e. The average molecular weight is 211 g/mol. The van der Waals surface area contributed by atoms with E-state index in [-0.39, 0.29) is 17.0 Å². The number of amides is 1. The van der Waals surface area contributed by atoms with Crippen LogP contribution in [0.25, 0.3) is 0 Å². The molecule has 0 aromatic carbocycles. The molecule has 0 atom stereocenters. The first-order valence-electron chi connectivity index (χ1n) is 5.26. The molecule has 3 saturated carbocycles. The van der Waals surface area contributed by atoms with Crippen LogP contribution in [0.2, 0.25) is 0 Å². The van der Waals surface area contributed by atoms with E-state index in [1.54, 1.807) is 0 Å². The molecule has 0 aromatic rings. The Kier molecular flexibility index (Phi) is 1.91. The number of carbonyl (C=O) groups excluding carboxylic acids is 2. The molecule has 0 radical (unpaired) electrons. The van der Waals surface area contributed by atoms with E-state index in [0.29, 0.717) is 0 Å². The first-order valence-corrected chi connectivity index (χ1v) is 5.26. The fraction of sp³-hybridized carbons (Fsp3) is 0.818. The minimum absolute atomic E-state index is 0.116. The Morgan fingerprint density at radius 1 is 1.33 bits per heavy atom. The minimum atomic E-state index is -0.462. The SMILES string of the molecule is CC(C)(C)OC(=O)NC12CC(C=O)(C1)C2. The zero-order valence-corrected chi connectivity index (χ0v) is 9.42. The number of ether oxygens (including phenoxy) is 1. The monoisotopic (exact) mass is 211 g/mol. The van der Waals surface area contributed by atoms with Gasteiger partial charge in [0.05, 0.1) is 0 Å². The molecule has 1 amide bonds. The van der Waals surface area contributed by atoms with Gasteiger partial charge in [-0.05, 0) is 40.0 Å². The van der Waals surface area contributed by atoms with Gasteiger partial charge in [-0.3, -0.25) is 0 Å². The fourth-order valence-corrected chi connectivity index (χ4v) is 2.64. The Hall–Kier alpha value is -1.06. The van der Waals surface area contributed by atoms with Crippen molar-refractivity contribution in [3.63, 3.8) is 0 Å². The molecule has 0 saturated heterocycles. The van der Waals surface area contributed by atoms with Crippen molar-refractivity contribution in [1.82, 2.24) is 5.32 Å². The van der Waals surface area contributed by atoms with Crippen molar-refractivity contribution in [2.24, 2.45) is 5.41 Å². The van der Waals surface area contributed by atoms with Gasteiger partial charge in [0, 0.05) is 11.0 Å². The van der Waals surface area contributed by atoms with Crippen molar-refractivity contribution < 1.29 is 14.3 Å². The highest BCUT2D eigenvalue weighted by Gasteiger charge is 2.69. The molecule has 15 heavy (non-hydrogen) atoms. The first kappa shape index (κ1) is 10.5. The highest BCUT2D eigenvalue weighted by Crippen LogP contribution is 2.65. The second kappa shape index (κ2) is 2.74. The number of aldehydes is 1. The van der Waals surface area contributed by atoms with Crippen molar-refractivity contribution in [3.05, 3.63) is 0 Å². The second-order valence-corrected chi connectivity index (χ2v) is 5.92. The maximum absolute atomic E-state index is 11.5. The summed E-state index contributed by atoms with van der Waals surface area (Å²) in [5.74, 6) is 0. The predicted molar refractivity (Wildman–Crippen MR) is 54.4 cm³/mol. The van der Waals surface area contributed by atoms with Crippen LogP contribution in [0.4, 0.5) is 4.79 Å². The van der Waals surface area contributed by atoms with Gasteiger partial charge < -0.3 is 14.8 Å². The van der Waals surface area contributed by atoms with E-state index in [1.807, 2.05) is 20.8 Å². The number of rotatable bonds is 2. The van der Waals surface area contributed by atoms with Crippen molar-refractivity contribution in [1.29, 1.82) is 0 Å². The largest absolute Gasteiger partial charge is 0.444 e. The summed E-state index contributed by atoms with van der Waals surface area (Å²) in [5.41, 5.74) is -0.714. The Balaban J connectivity index is 1.81. The molecular weight excluding hydrogens is 194 g/mol. The standard InChI is InChI=1S/C11H17NO3/c1-9(2,3)15-8(14)12-11-4-10(5-11,6-11)7-13/h7H,4-6H2,1-3H3,(H,12,14).